The zero-order valence-corrected chi connectivity index (χ0v) is 10.6. The maximum absolute atomic E-state index is 11.9. The monoisotopic (exact) mass is 255 g/mol. The highest BCUT2D eigenvalue weighted by atomic mass is 16.7. The molecule has 0 aromatic rings. The highest BCUT2D eigenvalue weighted by molar-refractivity contribution is 5.79. The SMILES string of the molecule is NC(=O)N1CCCC(C(=O)NOC2CCCC2)C1. The van der Waals surface area contributed by atoms with Crippen LogP contribution in [0.3, 0.4) is 0 Å². The van der Waals surface area contributed by atoms with Crippen LogP contribution in [0.5, 0.6) is 0 Å². The predicted molar refractivity (Wildman–Crippen MR) is 65.4 cm³/mol. The van der Waals surface area contributed by atoms with Gasteiger partial charge in [-0.3, -0.25) is 9.63 Å². The lowest BCUT2D eigenvalue weighted by atomic mass is 9.98. The number of nitrogens with two attached hydrogens (primary N) is 1. The lowest BCUT2D eigenvalue weighted by Crippen LogP contribution is -2.47. The van der Waals surface area contributed by atoms with Crippen molar-refractivity contribution in [2.45, 2.75) is 44.6 Å². The minimum absolute atomic E-state index is 0.132. The smallest absolute Gasteiger partial charge is 0.314 e. The van der Waals surface area contributed by atoms with Crippen molar-refractivity contribution in [1.82, 2.24) is 10.4 Å². The minimum Gasteiger partial charge on any atom is -0.351 e. The van der Waals surface area contributed by atoms with E-state index in [9.17, 15) is 9.59 Å². The average Bonchev–Trinajstić information content (AvgIpc) is 2.89. The number of carbonyl (C=O) groups is 2. The van der Waals surface area contributed by atoms with Crippen LogP contribution in [-0.2, 0) is 9.63 Å². The zero-order chi connectivity index (χ0) is 13.0. The summed E-state index contributed by atoms with van der Waals surface area (Å²) in [5.41, 5.74) is 7.76. The van der Waals surface area contributed by atoms with E-state index in [1.54, 1.807) is 0 Å². The number of hydroxylamine groups is 1. The number of piperidine rings is 1. The Balaban J connectivity index is 1.75. The predicted octanol–water partition coefficient (Wildman–Crippen LogP) is 0.767. The lowest BCUT2D eigenvalue weighted by Gasteiger charge is -2.30. The van der Waals surface area contributed by atoms with Gasteiger partial charge in [-0.15, -0.1) is 0 Å². The molecule has 6 nitrogen and oxygen atoms in total. The second-order valence-electron chi connectivity index (χ2n) is 5.11. The van der Waals surface area contributed by atoms with Crippen molar-refractivity contribution in [2.75, 3.05) is 13.1 Å². The molecule has 1 unspecified atom stereocenters. The lowest BCUT2D eigenvalue weighted by molar-refractivity contribution is -0.143. The van der Waals surface area contributed by atoms with E-state index in [0.717, 1.165) is 25.7 Å². The molecule has 1 aliphatic carbocycles. The maximum Gasteiger partial charge on any atom is 0.314 e. The van der Waals surface area contributed by atoms with Gasteiger partial charge in [0.05, 0.1) is 12.0 Å². The molecule has 0 spiro atoms. The van der Waals surface area contributed by atoms with Crippen LogP contribution in [0, 0.1) is 5.92 Å². The number of hydrogen-bond donors (Lipinski definition) is 2. The van der Waals surface area contributed by atoms with E-state index in [1.807, 2.05) is 0 Å². The first-order valence-electron chi connectivity index (χ1n) is 6.66. The van der Waals surface area contributed by atoms with Gasteiger partial charge in [0.15, 0.2) is 0 Å². The molecule has 102 valence electrons. The third-order valence-corrected chi connectivity index (χ3v) is 3.73. The fourth-order valence-corrected chi connectivity index (χ4v) is 2.62. The van der Waals surface area contributed by atoms with Crippen LogP contribution in [0.1, 0.15) is 38.5 Å². The van der Waals surface area contributed by atoms with E-state index < -0.39 is 6.03 Å². The van der Waals surface area contributed by atoms with E-state index in [2.05, 4.69) is 5.48 Å². The highest BCUT2D eigenvalue weighted by Gasteiger charge is 2.28. The third kappa shape index (κ3) is 3.35. The summed E-state index contributed by atoms with van der Waals surface area (Å²) in [4.78, 5) is 29.9. The van der Waals surface area contributed by atoms with Crippen LogP contribution in [0.25, 0.3) is 0 Å². The summed E-state index contributed by atoms with van der Waals surface area (Å²) in [6, 6.07) is -0.454. The zero-order valence-electron chi connectivity index (χ0n) is 10.6. The number of nitrogens with zero attached hydrogens (tertiary/aromatic N) is 1. The fraction of sp³-hybridized carbons (Fsp3) is 0.833. The Morgan fingerprint density at radius 2 is 1.89 bits per heavy atom. The second-order valence-corrected chi connectivity index (χ2v) is 5.11. The van der Waals surface area contributed by atoms with Crippen LogP contribution in [0.2, 0.25) is 0 Å². The first kappa shape index (κ1) is 13.1. The molecule has 2 fully saturated rings. The molecule has 0 aromatic carbocycles. The highest BCUT2D eigenvalue weighted by Crippen LogP contribution is 2.21. The van der Waals surface area contributed by atoms with Gasteiger partial charge in [-0.25, -0.2) is 10.3 Å². The molecule has 2 aliphatic rings. The molecule has 1 atom stereocenters. The molecule has 0 aromatic heterocycles. The van der Waals surface area contributed by atoms with Gasteiger partial charge >= 0.3 is 6.03 Å². The van der Waals surface area contributed by atoms with Gasteiger partial charge in [0.2, 0.25) is 5.91 Å². The van der Waals surface area contributed by atoms with Crippen LogP contribution in [-0.4, -0.2) is 36.0 Å². The van der Waals surface area contributed by atoms with Gasteiger partial charge in [0.1, 0.15) is 0 Å². The molecule has 1 aliphatic heterocycles. The van der Waals surface area contributed by atoms with Crippen LogP contribution in [0.4, 0.5) is 4.79 Å². The summed E-state index contributed by atoms with van der Waals surface area (Å²) in [6.45, 7) is 1.04. The fourth-order valence-electron chi connectivity index (χ4n) is 2.62. The van der Waals surface area contributed by atoms with Crippen LogP contribution >= 0.6 is 0 Å². The summed E-state index contributed by atoms with van der Waals surface area (Å²) in [7, 11) is 0. The number of urea groups is 1. The normalized spacial score (nSPS) is 25.1. The molecule has 0 bridgehead atoms. The van der Waals surface area contributed by atoms with E-state index in [4.69, 9.17) is 10.6 Å². The number of primary amides is 1. The molecule has 3 amide bonds. The summed E-state index contributed by atoms with van der Waals surface area (Å²) in [5.74, 6) is -0.333. The molecule has 1 saturated heterocycles. The average molecular weight is 255 g/mol. The Morgan fingerprint density at radius 3 is 2.56 bits per heavy atom. The number of rotatable bonds is 3. The molecule has 1 heterocycles. The largest absolute Gasteiger partial charge is 0.351 e. The van der Waals surface area contributed by atoms with E-state index in [0.29, 0.717) is 13.1 Å². The van der Waals surface area contributed by atoms with Crippen molar-refractivity contribution in [1.29, 1.82) is 0 Å². The van der Waals surface area contributed by atoms with Crippen molar-refractivity contribution in [3.63, 3.8) is 0 Å². The number of nitrogens with one attached hydrogen (secondary N) is 1. The summed E-state index contributed by atoms with van der Waals surface area (Å²) in [5, 5.41) is 0. The number of hydrogen-bond acceptors (Lipinski definition) is 3. The van der Waals surface area contributed by atoms with E-state index in [1.165, 1.54) is 17.7 Å². The van der Waals surface area contributed by atoms with Crippen LogP contribution < -0.4 is 11.2 Å². The quantitative estimate of drug-likeness (QED) is 0.730. The Labute approximate surface area is 107 Å². The van der Waals surface area contributed by atoms with Crippen molar-refractivity contribution in [3.05, 3.63) is 0 Å². The standard InChI is InChI=1S/C12H21N3O3/c13-12(17)15-7-3-4-9(8-15)11(16)14-18-10-5-1-2-6-10/h9-10H,1-8H2,(H2,13,17)(H,14,16). The topological polar surface area (TPSA) is 84.7 Å². The van der Waals surface area contributed by atoms with Crippen molar-refractivity contribution in [3.8, 4) is 0 Å². The Hall–Kier alpha value is -1.30. The van der Waals surface area contributed by atoms with Crippen LogP contribution in [0.15, 0.2) is 0 Å². The second kappa shape index (κ2) is 6.04. The summed E-state index contributed by atoms with van der Waals surface area (Å²) < 4.78 is 0. The van der Waals surface area contributed by atoms with Gasteiger partial charge in [-0.2, -0.15) is 0 Å². The molecule has 1 saturated carbocycles. The molecule has 6 heteroatoms. The summed E-state index contributed by atoms with van der Waals surface area (Å²) in [6.07, 6.45) is 6.11. The van der Waals surface area contributed by atoms with Gasteiger partial charge in [-0.1, -0.05) is 12.8 Å². The minimum atomic E-state index is -0.454. The Kier molecular flexibility index (Phi) is 4.41. The third-order valence-electron chi connectivity index (χ3n) is 3.73. The summed E-state index contributed by atoms with van der Waals surface area (Å²) >= 11 is 0. The van der Waals surface area contributed by atoms with Gasteiger partial charge in [0, 0.05) is 13.1 Å². The first-order chi connectivity index (χ1) is 8.66. The van der Waals surface area contributed by atoms with Crippen molar-refractivity contribution >= 4 is 11.9 Å². The van der Waals surface area contributed by atoms with Crippen molar-refractivity contribution < 1.29 is 14.4 Å². The Bertz CT molecular complexity index is 316. The number of likely N-dealkylation sites (tertiary alicyclic amines) is 1. The maximum atomic E-state index is 11.9. The molecule has 0 radical (unpaired) electrons. The van der Waals surface area contributed by atoms with E-state index in [-0.39, 0.29) is 17.9 Å². The number of carbonyl (C=O) groups excluding carboxylic acids is 2. The molecule has 3 N–H and O–H groups in total. The molecular weight excluding hydrogens is 234 g/mol. The molecule has 2 rings (SSSR count). The molecular formula is C12H21N3O3. The van der Waals surface area contributed by atoms with Gasteiger partial charge in [-0.05, 0) is 25.7 Å². The molecule has 18 heavy (non-hydrogen) atoms. The number of amides is 3. The van der Waals surface area contributed by atoms with Gasteiger partial charge in [0.25, 0.3) is 0 Å². The van der Waals surface area contributed by atoms with Crippen molar-refractivity contribution in [2.24, 2.45) is 11.7 Å². The Morgan fingerprint density at radius 1 is 1.17 bits per heavy atom. The van der Waals surface area contributed by atoms with Gasteiger partial charge < -0.3 is 10.6 Å². The first-order valence-corrected chi connectivity index (χ1v) is 6.66. The van der Waals surface area contributed by atoms with E-state index >= 15 is 0 Å².